The summed E-state index contributed by atoms with van der Waals surface area (Å²) in [7, 11) is 0. The largest absolute Gasteiger partial charge is 0.0648 e. The molecule has 0 nitrogen and oxygen atoms in total. The lowest BCUT2D eigenvalue weighted by atomic mass is 9.75. The van der Waals surface area contributed by atoms with E-state index in [4.69, 9.17) is 0 Å². The van der Waals surface area contributed by atoms with Crippen LogP contribution >= 0.6 is 0 Å². The van der Waals surface area contributed by atoms with E-state index in [1.54, 1.807) is 11.1 Å². The first-order chi connectivity index (χ1) is 6.33. The predicted molar refractivity (Wildman–Crippen MR) is 57.0 cm³/mol. The molecule has 2 atom stereocenters. The molecule has 0 saturated heterocycles. The van der Waals surface area contributed by atoms with E-state index >= 15 is 0 Å². The van der Waals surface area contributed by atoms with Crippen molar-refractivity contribution in [2.45, 2.75) is 39.0 Å². The van der Waals surface area contributed by atoms with Gasteiger partial charge in [-0.05, 0) is 42.2 Å². The standard InChI is InChI=1S/C13H18/c1-3-12-10(2)8-9-11-6-4-5-7-13(11)12/h4-7,10,12H,3,8-9H2,1-2H3/t10-,12-/m0/s1. The van der Waals surface area contributed by atoms with Gasteiger partial charge in [0, 0.05) is 0 Å². The lowest BCUT2D eigenvalue weighted by Gasteiger charge is -2.30. The van der Waals surface area contributed by atoms with Crippen LogP contribution in [0.25, 0.3) is 0 Å². The van der Waals surface area contributed by atoms with Crippen molar-refractivity contribution in [1.29, 1.82) is 0 Å². The Bertz CT molecular complexity index is 288. The molecule has 2 rings (SSSR count). The molecule has 0 radical (unpaired) electrons. The molecule has 1 aromatic rings. The predicted octanol–water partition coefficient (Wildman–Crippen LogP) is 3.76. The van der Waals surface area contributed by atoms with Crippen LogP contribution in [-0.2, 0) is 6.42 Å². The summed E-state index contributed by atoms with van der Waals surface area (Å²) >= 11 is 0. The molecule has 1 aromatic carbocycles. The second kappa shape index (κ2) is 3.53. The summed E-state index contributed by atoms with van der Waals surface area (Å²) in [5.41, 5.74) is 3.20. The summed E-state index contributed by atoms with van der Waals surface area (Å²) in [5.74, 6) is 1.69. The van der Waals surface area contributed by atoms with Crippen molar-refractivity contribution in [3.63, 3.8) is 0 Å². The van der Waals surface area contributed by atoms with Crippen LogP contribution in [0, 0.1) is 5.92 Å². The SMILES string of the molecule is CC[C@@H]1c2ccccc2CC[C@@H]1C. The van der Waals surface area contributed by atoms with E-state index in [9.17, 15) is 0 Å². The molecule has 0 saturated carbocycles. The van der Waals surface area contributed by atoms with Crippen LogP contribution in [0.4, 0.5) is 0 Å². The van der Waals surface area contributed by atoms with Crippen molar-refractivity contribution >= 4 is 0 Å². The van der Waals surface area contributed by atoms with Crippen LogP contribution in [-0.4, -0.2) is 0 Å². The minimum atomic E-state index is 0.810. The average Bonchev–Trinajstić information content (AvgIpc) is 2.18. The van der Waals surface area contributed by atoms with Gasteiger partial charge in [-0.15, -0.1) is 0 Å². The zero-order chi connectivity index (χ0) is 9.26. The summed E-state index contributed by atoms with van der Waals surface area (Å²) < 4.78 is 0. The fourth-order valence-electron chi connectivity index (χ4n) is 2.64. The zero-order valence-corrected chi connectivity index (χ0v) is 8.59. The highest BCUT2D eigenvalue weighted by Gasteiger charge is 2.24. The number of hydrogen-bond donors (Lipinski definition) is 0. The summed E-state index contributed by atoms with van der Waals surface area (Å²) in [5, 5.41) is 0. The van der Waals surface area contributed by atoms with Crippen molar-refractivity contribution < 1.29 is 0 Å². The van der Waals surface area contributed by atoms with Crippen molar-refractivity contribution in [2.75, 3.05) is 0 Å². The monoisotopic (exact) mass is 174 g/mol. The Balaban J connectivity index is 2.39. The number of hydrogen-bond acceptors (Lipinski definition) is 0. The Morgan fingerprint density at radius 2 is 2.08 bits per heavy atom. The lowest BCUT2D eigenvalue weighted by molar-refractivity contribution is 0.394. The Hall–Kier alpha value is -0.780. The minimum Gasteiger partial charge on any atom is -0.0648 e. The van der Waals surface area contributed by atoms with Crippen molar-refractivity contribution in [1.82, 2.24) is 0 Å². The molecule has 0 aliphatic heterocycles. The molecule has 0 fully saturated rings. The highest BCUT2D eigenvalue weighted by Crippen LogP contribution is 2.37. The minimum absolute atomic E-state index is 0.810. The Kier molecular flexibility index (Phi) is 2.39. The summed E-state index contributed by atoms with van der Waals surface area (Å²) in [6.45, 7) is 4.70. The summed E-state index contributed by atoms with van der Waals surface area (Å²) in [6.07, 6.45) is 3.95. The molecule has 70 valence electrons. The van der Waals surface area contributed by atoms with Gasteiger partial charge >= 0.3 is 0 Å². The summed E-state index contributed by atoms with van der Waals surface area (Å²) in [4.78, 5) is 0. The Morgan fingerprint density at radius 3 is 2.85 bits per heavy atom. The van der Waals surface area contributed by atoms with Crippen LogP contribution in [0.15, 0.2) is 24.3 Å². The third-order valence-corrected chi connectivity index (χ3v) is 3.45. The van der Waals surface area contributed by atoms with Gasteiger partial charge in [0.15, 0.2) is 0 Å². The molecule has 0 bridgehead atoms. The molecule has 1 aliphatic rings. The molecule has 0 spiro atoms. The smallest absolute Gasteiger partial charge is 0.0136 e. The maximum Gasteiger partial charge on any atom is -0.0136 e. The van der Waals surface area contributed by atoms with E-state index in [1.807, 2.05) is 0 Å². The number of aryl methyl sites for hydroxylation is 1. The zero-order valence-electron chi connectivity index (χ0n) is 8.59. The summed E-state index contributed by atoms with van der Waals surface area (Å²) in [6, 6.07) is 8.96. The van der Waals surface area contributed by atoms with Gasteiger partial charge < -0.3 is 0 Å². The van der Waals surface area contributed by atoms with Crippen molar-refractivity contribution in [3.05, 3.63) is 35.4 Å². The van der Waals surface area contributed by atoms with Crippen LogP contribution in [0.3, 0.4) is 0 Å². The quantitative estimate of drug-likeness (QED) is 0.608. The van der Waals surface area contributed by atoms with Gasteiger partial charge in [0.2, 0.25) is 0 Å². The maximum absolute atomic E-state index is 2.39. The third kappa shape index (κ3) is 1.50. The van der Waals surface area contributed by atoms with E-state index in [-0.39, 0.29) is 0 Å². The fraction of sp³-hybridized carbons (Fsp3) is 0.538. The molecule has 0 N–H and O–H groups in total. The average molecular weight is 174 g/mol. The van der Waals surface area contributed by atoms with Gasteiger partial charge in [0.05, 0.1) is 0 Å². The van der Waals surface area contributed by atoms with Gasteiger partial charge in [0.1, 0.15) is 0 Å². The molecule has 0 unspecified atom stereocenters. The molecule has 0 heteroatoms. The van der Waals surface area contributed by atoms with Crippen LogP contribution < -0.4 is 0 Å². The van der Waals surface area contributed by atoms with Gasteiger partial charge in [-0.3, -0.25) is 0 Å². The second-order valence-corrected chi connectivity index (χ2v) is 4.23. The van der Waals surface area contributed by atoms with E-state index < -0.39 is 0 Å². The second-order valence-electron chi connectivity index (χ2n) is 4.23. The topological polar surface area (TPSA) is 0 Å². The Labute approximate surface area is 81.0 Å². The highest BCUT2D eigenvalue weighted by atomic mass is 14.3. The van der Waals surface area contributed by atoms with Crippen LogP contribution in [0.5, 0.6) is 0 Å². The normalized spacial score (nSPS) is 26.9. The van der Waals surface area contributed by atoms with Gasteiger partial charge in [-0.25, -0.2) is 0 Å². The Morgan fingerprint density at radius 1 is 1.31 bits per heavy atom. The first-order valence-corrected chi connectivity index (χ1v) is 5.40. The molecule has 0 amide bonds. The first kappa shape index (κ1) is 8.80. The van der Waals surface area contributed by atoms with E-state index in [1.165, 1.54) is 19.3 Å². The lowest BCUT2D eigenvalue weighted by Crippen LogP contribution is -2.17. The molecule has 0 heterocycles. The van der Waals surface area contributed by atoms with Crippen LogP contribution in [0.2, 0.25) is 0 Å². The van der Waals surface area contributed by atoms with Crippen LogP contribution in [0.1, 0.15) is 43.7 Å². The van der Waals surface area contributed by atoms with E-state index in [0.717, 1.165) is 11.8 Å². The molecule has 13 heavy (non-hydrogen) atoms. The maximum atomic E-state index is 2.39. The van der Waals surface area contributed by atoms with Gasteiger partial charge in [0.25, 0.3) is 0 Å². The van der Waals surface area contributed by atoms with Crippen molar-refractivity contribution in [3.8, 4) is 0 Å². The number of rotatable bonds is 1. The van der Waals surface area contributed by atoms with E-state index in [2.05, 4.69) is 38.1 Å². The van der Waals surface area contributed by atoms with Gasteiger partial charge in [-0.1, -0.05) is 38.1 Å². The van der Waals surface area contributed by atoms with Gasteiger partial charge in [-0.2, -0.15) is 0 Å². The molecule has 1 aliphatic carbocycles. The fourth-order valence-corrected chi connectivity index (χ4v) is 2.64. The number of fused-ring (bicyclic) bond motifs is 1. The highest BCUT2D eigenvalue weighted by molar-refractivity contribution is 5.33. The molecule has 0 aromatic heterocycles. The third-order valence-electron chi connectivity index (χ3n) is 3.45. The molecular weight excluding hydrogens is 156 g/mol. The number of benzene rings is 1. The first-order valence-electron chi connectivity index (χ1n) is 5.40. The molecular formula is C13H18. The van der Waals surface area contributed by atoms with Crippen molar-refractivity contribution in [2.24, 2.45) is 5.92 Å². The van der Waals surface area contributed by atoms with E-state index in [0.29, 0.717) is 0 Å².